The highest BCUT2D eigenvalue weighted by molar-refractivity contribution is 5.87. The summed E-state index contributed by atoms with van der Waals surface area (Å²) >= 11 is 0. The molecule has 3 aromatic carbocycles. The van der Waals surface area contributed by atoms with Crippen LogP contribution in [0.15, 0.2) is 83.7 Å². The number of nitrogens with one attached hydrogen (secondary N) is 2. The molecular formula is C34H41N3O6. The van der Waals surface area contributed by atoms with Gasteiger partial charge in [-0.3, -0.25) is 9.69 Å². The summed E-state index contributed by atoms with van der Waals surface area (Å²) in [5, 5.41) is 34.3. The molecular weight excluding hydrogens is 546 g/mol. The van der Waals surface area contributed by atoms with E-state index in [1.807, 2.05) is 42.5 Å². The summed E-state index contributed by atoms with van der Waals surface area (Å²) in [6, 6.07) is 22.9. The summed E-state index contributed by atoms with van der Waals surface area (Å²) in [7, 11) is 0. The lowest BCUT2D eigenvalue weighted by Gasteiger charge is -2.20. The first-order chi connectivity index (χ1) is 20.9. The molecule has 1 aromatic heterocycles. The average Bonchev–Trinajstić information content (AvgIpc) is 3.01. The number of phenols is 1. The van der Waals surface area contributed by atoms with Gasteiger partial charge in [-0.1, -0.05) is 74.6 Å². The number of carbonyl (C=O) groups is 1. The predicted octanol–water partition coefficient (Wildman–Crippen LogP) is 6.35. The smallest absolute Gasteiger partial charge is 0.412 e. The minimum absolute atomic E-state index is 0.0156. The molecule has 4 aromatic rings. The molecule has 0 aliphatic carbocycles. The Morgan fingerprint density at radius 2 is 1.63 bits per heavy atom. The quantitative estimate of drug-likeness (QED) is 0.0909. The number of hydrogen-bond donors (Lipinski definition) is 5. The van der Waals surface area contributed by atoms with Crippen LogP contribution >= 0.6 is 0 Å². The molecule has 0 aliphatic heterocycles. The lowest BCUT2D eigenvalue weighted by molar-refractivity contribution is 0.176. The van der Waals surface area contributed by atoms with Crippen molar-refractivity contribution in [1.29, 1.82) is 0 Å². The van der Waals surface area contributed by atoms with E-state index >= 15 is 0 Å². The minimum Gasteiger partial charge on any atom is -0.506 e. The molecule has 0 saturated carbocycles. The molecule has 228 valence electrons. The van der Waals surface area contributed by atoms with Crippen molar-refractivity contribution in [3.63, 3.8) is 0 Å². The topological polar surface area (TPSA) is 135 Å². The number of aliphatic hydroxyl groups excluding tert-OH is 1. The highest BCUT2D eigenvalue weighted by atomic mass is 16.5. The highest BCUT2D eigenvalue weighted by Gasteiger charge is 2.16. The number of amides is 1. The Labute approximate surface area is 251 Å². The lowest BCUT2D eigenvalue weighted by atomic mass is 10.0. The maximum absolute atomic E-state index is 11.9. The molecule has 5 N–H and O–H groups in total. The number of aromatic amines is 1. The molecule has 9 nitrogen and oxygen atoms in total. The maximum Gasteiger partial charge on any atom is 0.412 e. The Kier molecular flexibility index (Phi) is 12.0. The van der Waals surface area contributed by atoms with Gasteiger partial charge in [-0.15, -0.1) is 0 Å². The van der Waals surface area contributed by atoms with Crippen LogP contribution in [0.25, 0.3) is 10.9 Å². The fraction of sp³-hybridized carbons (Fsp3) is 0.353. The third kappa shape index (κ3) is 9.59. The van der Waals surface area contributed by atoms with E-state index in [0.717, 1.165) is 57.1 Å². The standard InChI is InChI=1S/C34H41N3O6/c38-30-18-16-28(29-17-19-32(40)36-33(29)30)31(39)23-35-20-9-4-2-1-3-5-10-21-43-27-15-11-14-26(22-27)37(34(41)42)24-25-12-7-6-8-13-25/h6-8,11-19,22,31,35,38-39H,1-5,9-10,20-21,23-24H2,(H,36,40)(H,41,42)/t31-/m0/s1. The number of pyridine rings is 1. The van der Waals surface area contributed by atoms with Crippen LogP contribution in [0.1, 0.15) is 62.2 Å². The van der Waals surface area contributed by atoms with Gasteiger partial charge in [-0.25, -0.2) is 4.79 Å². The van der Waals surface area contributed by atoms with E-state index in [2.05, 4.69) is 10.3 Å². The zero-order valence-electron chi connectivity index (χ0n) is 24.4. The number of H-pyrrole nitrogens is 1. The zero-order chi connectivity index (χ0) is 30.4. The van der Waals surface area contributed by atoms with Gasteiger partial charge >= 0.3 is 6.09 Å². The third-order valence-electron chi connectivity index (χ3n) is 7.41. The lowest BCUT2D eigenvalue weighted by Crippen LogP contribution is -2.28. The Morgan fingerprint density at radius 1 is 0.884 bits per heavy atom. The molecule has 1 atom stereocenters. The van der Waals surface area contributed by atoms with E-state index in [9.17, 15) is 24.9 Å². The van der Waals surface area contributed by atoms with E-state index in [1.54, 1.807) is 24.3 Å². The molecule has 0 saturated heterocycles. The van der Waals surface area contributed by atoms with Gasteiger partial charge in [0, 0.05) is 24.1 Å². The summed E-state index contributed by atoms with van der Waals surface area (Å²) in [4.78, 5) is 27.4. The van der Waals surface area contributed by atoms with Crippen molar-refractivity contribution in [3.05, 3.63) is 100 Å². The number of hydrogen-bond acceptors (Lipinski definition) is 6. The number of benzene rings is 3. The Morgan fingerprint density at radius 3 is 2.40 bits per heavy atom. The molecule has 9 heteroatoms. The second-order valence-corrected chi connectivity index (χ2v) is 10.7. The fourth-order valence-electron chi connectivity index (χ4n) is 5.10. The van der Waals surface area contributed by atoms with Crippen LogP contribution in [-0.2, 0) is 6.54 Å². The van der Waals surface area contributed by atoms with Crippen LogP contribution in [0, 0.1) is 0 Å². The Hall–Kier alpha value is -4.34. The van der Waals surface area contributed by atoms with E-state index < -0.39 is 12.2 Å². The molecule has 0 unspecified atom stereocenters. The van der Waals surface area contributed by atoms with Crippen molar-refractivity contribution in [2.45, 2.75) is 57.6 Å². The zero-order valence-corrected chi connectivity index (χ0v) is 24.4. The number of phenolic OH excluding ortho intramolecular Hbond substituents is 1. The Bertz CT molecular complexity index is 1510. The number of unbranched alkanes of at least 4 members (excludes halogenated alkanes) is 6. The highest BCUT2D eigenvalue weighted by Crippen LogP contribution is 2.28. The van der Waals surface area contributed by atoms with E-state index in [4.69, 9.17) is 4.74 Å². The van der Waals surface area contributed by atoms with Gasteiger partial charge in [0.15, 0.2) is 0 Å². The number of aromatic nitrogens is 1. The minimum atomic E-state index is -1.00. The van der Waals surface area contributed by atoms with Crippen molar-refractivity contribution in [2.24, 2.45) is 0 Å². The Balaban J connectivity index is 1.06. The van der Waals surface area contributed by atoms with Gasteiger partial charge in [-0.05, 0) is 54.8 Å². The monoisotopic (exact) mass is 587 g/mol. The van der Waals surface area contributed by atoms with Gasteiger partial charge in [0.2, 0.25) is 5.56 Å². The molecule has 0 radical (unpaired) electrons. The van der Waals surface area contributed by atoms with Crippen LogP contribution in [-0.4, -0.2) is 46.1 Å². The first-order valence-electron chi connectivity index (χ1n) is 14.9. The molecule has 43 heavy (non-hydrogen) atoms. The first kappa shape index (κ1) is 31.6. The van der Waals surface area contributed by atoms with Gasteiger partial charge in [0.05, 0.1) is 30.5 Å². The first-order valence-corrected chi connectivity index (χ1v) is 14.9. The molecule has 0 fully saturated rings. The SMILES string of the molecule is O=C(O)N(Cc1ccccc1)c1cccc(OCCCCCCCCCNC[C@H](O)c2ccc(O)c3[nH]c(=O)ccc23)c1. The second-order valence-electron chi connectivity index (χ2n) is 10.7. The van der Waals surface area contributed by atoms with E-state index in [0.29, 0.717) is 41.1 Å². The van der Waals surface area contributed by atoms with Gasteiger partial charge in [0.25, 0.3) is 0 Å². The van der Waals surface area contributed by atoms with Crippen molar-refractivity contribution in [1.82, 2.24) is 10.3 Å². The maximum atomic E-state index is 11.9. The molecule has 0 aliphatic rings. The van der Waals surface area contributed by atoms with E-state index in [-0.39, 0.29) is 17.9 Å². The summed E-state index contributed by atoms with van der Waals surface area (Å²) in [6.45, 7) is 2.07. The molecule has 4 rings (SSSR count). The normalized spacial score (nSPS) is 11.8. The summed E-state index contributed by atoms with van der Waals surface area (Å²) < 4.78 is 5.91. The molecule has 1 heterocycles. The number of carboxylic acid groups (broad SMARTS) is 1. The molecule has 0 bridgehead atoms. The van der Waals surface area contributed by atoms with Crippen LogP contribution in [0.5, 0.6) is 11.5 Å². The number of rotatable bonds is 17. The van der Waals surface area contributed by atoms with Crippen LogP contribution in [0.3, 0.4) is 0 Å². The van der Waals surface area contributed by atoms with Gasteiger partial charge in [-0.2, -0.15) is 0 Å². The largest absolute Gasteiger partial charge is 0.506 e. The predicted molar refractivity (Wildman–Crippen MR) is 169 cm³/mol. The van der Waals surface area contributed by atoms with Crippen molar-refractivity contribution in [3.8, 4) is 11.5 Å². The second kappa shape index (κ2) is 16.3. The number of nitrogens with zero attached hydrogens (tertiary/aromatic N) is 1. The van der Waals surface area contributed by atoms with Crippen LogP contribution in [0.4, 0.5) is 10.5 Å². The number of aliphatic hydroxyl groups is 1. The number of fused-ring (bicyclic) bond motifs is 1. The number of anilines is 1. The summed E-state index contributed by atoms with van der Waals surface area (Å²) in [5.74, 6) is 0.654. The average molecular weight is 588 g/mol. The fourth-order valence-corrected chi connectivity index (χ4v) is 5.10. The summed E-state index contributed by atoms with van der Waals surface area (Å²) in [6.07, 6.45) is 5.84. The van der Waals surface area contributed by atoms with Gasteiger partial charge in [0.1, 0.15) is 11.5 Å². The number of aromatic hydroxyl groups is 1. The number of ether oxygens (including phenoxy) is 1. The van der Waals surface area contributed by atoms with Crippen LogP contribution < -0.4 is 20.5 Å². The van der Waals surface area contributed by atoms with Crippen molar-refractivity contribution in [2.75, 3.05) is 24.6 Å². The van der Waals surface area contributed by atoms with Crippen LogP contribution in [0.2, 0.25) is 0 Å². The van der Waals surface area contributed by atoms with Crippen molar-refractivity contribution < 1.29 is 24.9 Å². The van der Waals surface area contributed by atoms with E-state index in [1.165, 1.54) is 17.0 Å². The van der Waals surface area contributed by atoms with Crippen molar-refractivity contribution >= 4 is 22.7 Å². The molecule has 1 amide bonds. The molecule has 0 spiro atoms. The third-order valence-corrected chi connectivity index (χ3v) is 7.41. The van der Waals surface area contributed by atoms with Gasteiger partial charge < -0.3 is 30.4 Å². The summed E-state index contributed by atoms with van der Waals surface area (Å²) in [5.41, 5.74) is 2.22.